The first-order valence-electron chi connectivity index (χ1n) is 8.67. The van der Waals surface area contributed by atoms with Crippen molar-refractivity contribution < 1.29 is 14.4 Å². The van der Waals surface area contributed by atoms with Crippen LogP contribution in [0.25, 0.3) is 0 Å². The minimum Gasteiger partial charge on any atom is -0.491 e. The molecule has 3 rings (SSSR count). The predicted molar refractivity (Wildman–Crippen MR) is 91.9 cm³/mol. The number of hydrogen-bond acceptors (Lipinski definition) is 6. The molecule has 2 aliphatic rings. The van der Waals surface area contributed by atoms with Gasteiger partial charge in [0.2, 0.25) is 0 Å². The summed E-state index contributed by atoms with van der Waals surface area (Å²) < 4.78 is 11.1. The van der Waals surface area contributed by atoms with Gasteiger partial charge in [-0.2, -0.15) is 0 Å². The number of benzene rings is 1. The van der Waals surface area contributed by atoms with Crippen molar-refractivity contribution in [3.63, 3.8) is 0 Å². The molecule has 0 bridgehead atoms. The number of hydrogen-bond donors (Lipinski definition) is 0. The van der Waals surface area contributed by atoms with Gasteiger partial charge >= 0.3 is 0 Å². The molecule has 2 heterocycles. The number of nitro groups is 1. The molecule has 0 atom stereocenters. The van der Waals surface area contributed by atoms with Gasteiger partial charge in [-0.3, -0.25) is 15.0 Å². The third-order valence-corrected chi connectivity index (χ3v) is 4.82. The lowest BCUT2D eigenvalue weighted by Crippen LogP contribution is -2.51. The van der Waals surface area contributed by atoms with Gasteiger partial charge in [0.15, 0.2) is 0 Å². The Morgan fingerprint density at radius 3 is 2.58 bits per heavy atom. The third-order valence-electron chi connectivity index (χ3n) is 4.82. The number of rotatable bonds is 5. The quantitative estimate of drug-likeness (QED) is 0.607. The van der Waals surface area contributed by atoms with Crippen LogP contribution in [0.4, 0.5) is 11.4 Å². The summed E-state index contributed by atoms with van der Waals surface area (Å²) in [4.78, 5) is 15.4. The minimum atomic E-state index is -0.380. The van der Waals surface area contributed by atoms with Gasteiger partial charge in [0, 0.05) is 51.5 Å². The van der Waals surface area contributed by atoms with E-state index >= 15 is 0 Å². The fraction of sp³-hybridized carbons (Fsp3) is 0.647. The van der Waals surface area contributed by atoms with Crippen molar-refractivity contribution in [2.24, 2.45) is 0 Å². The highest BCUT2D eigenvalue weighted by Crippen LogP contribution is 2.33. The monoisotopic (exact) mass is 335 g/mol. The molecule has 7 nitrogen and oxygen atoms in total. The summed E-state index contributed by atoms with van der Waals surface area (Å²) in [6.07, 6.45) is 2.23. The standard InChI is InChI=1S/C17H25N3O4/c1-2-24-17-13-15(20(21)22)3-4-16(17)19-9-7-18(8-10-19)14-5-11-23-12-6-14/h3-4,13-14H,2,5-12H2,1H3. The molecule has 7 heteroatoms. The summed E-state index contributed by atoms with van der Waals surface area (Å²) in [5.74, 6) is 0.603. The molecule has 0 aliphatic carbocycles. The number of nitro benzene ring substituents is 1. The van der Waals surface area contributed by atoms with Gasteiger partial charge in [-0.15, -0.1) is 0 Å². The smallest absolute Gasteiger partial charge is 0.273 e. The molecular weight excluding hydrogens is 310 g/mol. The van der Waals surface area contributed by atoms with Crippen LogP contribution in [-0.2, 0) is 4.74 Å². The molecule has 0 N–H and O–H groups in total. The van der Waals surface area contributed by atoms with E-state index in [0.717, 1.165) is 57.9 Å². The van der Waals surface area contributed by atoms with Crippen molar-refractivity contribution >= 4 is 11.4 Å². The molecule has 1 aromatic carbocycles. The molecule has 0 unspecified atom stereocenters. The van der Waals surface area contributed by atoms with Gasteiger partial charge in [-0.1, -0.05) is 0 Å². The lowest BCUT2D eigenvalue weighted by Gasteiger charge is -2.41. The lowest BCUT2D eigenvalue weighted by molar-refractivity contribution is -0.384. The maximum Gasteiger partial charge on any atom is 0.273 e. The Morgan fingerprint density at radius 2 is 1.96 bits per heavy atom. The van der Waals surface area contributed by atoms with E-state index in [9.17, 15) is 10.1 Å². The second-order valence-corrected chi connectivity index (χ2v) is 6.21. The van der Waals surface area contributed by atoms with Crippen LogP contribution in [-0.4, -0.2) is 61.9 Å². The van der Waals surface area contributed by atoms with Crippen LogP contribution in [0.2, 0.25) is 0 Å². The van der Waals surface area contributed by atoms with E-state index in [0.29, 0.717) is 18.4 Å². The van der Waals surface area contributed by atoms with Gasteiger partial charge in [-0.05, 0) is 25.8 Å². The molecule has 0 amide bonds. The van der Waals surface area contributed by atoms with E-state index in [4.69, 9.17) is 9.47 Å². The Morgan fingerprint density at radius 1 is 1.25 bits per heavy atom. The van der Waals surface area contributed by atoms with E-state index in [1.165, 1.54) is 6.07 Å². The average molecular weight is 335 g/mol. The van der Waals surface area contributed by atoms with Gasteiger partial charge in [0.1, 0.15) is 5.75 Å². The average Bonchev–Trinajstić information content (AvgIpc) is 2.63. The number of non-ortho nitro benzene ring substituents is 1. The summed E-state index contributed by atoms with van der Waals surface area (Å²) in [5.41, 5.74) is 1.03. The van der Waals surface area contributed by atoms with Crippen LogP contribution >= 0.6 is 0 Å². The summed E-state index contributed by atoms with van der Waals surface area (Å²) in [6.45, 7) is 7.95. The molecule has 24 heavy (non-hydrogen) atoms. The highest BCUT2D eigenvalue weighted by molar-refractivity contribution is 5.62. The maximum absolute atomic E-state index is 11.0. The van der Waals surface area contributed by atoms with Crippen molar-refractivity contribution in [2.45, 2.75) is 25.8 Å². The Kier molecular flexibility index (Phi) is 5.52. The highest BCUT2D eigenvalue weighted by Gasteiger charge is 2.27. The zero-order valence-electron chi connectivity index (χ0n) is 14.1. The molecular formula is C17H25N3O4. The maximum atomic E-state index is 11.0. The predicted octanol–water partition coefficient (Wildman–Crippen LogP) is 2.29. The Bertz CT molecular complexity index is 567. The van der Waals surface area contributed by atoms with E-state index in [2.05, 4.69) is 9.80 Å². The number of nitrogens with zero attached hydrogens (tertiary/aromatic N) is 3. The number of ether oxygens (including phenoxy) is 2. The van der Waals surface area contributed by atoms with Crippen LogP contribution in [0.15, 0.2) is 18.2 Å². The first kappa shape index (κ1) is 17.0. The Labute approximate surface area is 142 Å². The molecule has 2 fully saturated rings. The minimum absolute atomic E-state index is 0.0723. The molecule has 0 aromatic heterocycles. The van der Waals surface area contributed by atoms with Crippen molar-refractivity contribution in [3.05, 3.63) is 28.3 Å². The van der Waals surface area contributed by atoms with Crippen LogP contribution < -0.4 is 9.64 Å². The molecule has 2 saturated heterocycles. The summed E-state index contributed by atoms with van der Waals surface area (Å²) in [6, 6.07) is 5.53. The van der Waals surface area contributed by atoms with Crippen LogP contribution in [0.1, 0.15) is 19.8 Å². The Hall–Kier alpha value is -1.86. The van der Waals surface area contributed by atoms with Gasteiger partial charge in [0.25, 0.3) is 5.69 Å². The van der Waals surface area contributed by atoms with Crippen molar-refractivity contribution in [1.29, 1.82) is 0 Å². The van der Waals surface area contributed by atoms with E-state index in [1.807, 2.05) is 13.0 Å². The molecule has 2 aliphatic heterocycles. The number of piperazine rings is 1. The second-order valence-electron chi connectivity index (χ2n) is 6.21. The van der Waals surface area contributed by atoms with Crippen molar-refractivity contribution in [3.8, 4) is 5.75 Å². The van der Waals surface area contributed by atoms with Crippen LogP contribution in [0.3, 0.4) is 0 Å². The molecule has 0 radical (unpaired) electrons. The van der Waals surface area contributed by atoms with Crippen LogP contribution in [0, 0.1) is 10.1 Å². The lowest BCUT2D eigenvalue weighted by atomic mass is 10.1. The topological polar surface area (TPSA) is 68.1 Å². The molecule has 132 valence electrons. The fourth-order valence-electron chi connectivity index (χ4n) is 3.53. The molecule has 1 aromatic rings. The van der Waals surface area contributed by atoms with Gasteiger partial charge in [-0.25, -0.2) is 0 Å². The zero-order chi connectivity index (χ0) is 16.9. The normalized spacial score (nSPS) is 20.1. The first-order valence-corrected chi connectivity index (χ1v) is 8.67. The zero-order valence-corrected chi connectivity index (χ0v) is 14.1. The summed E-state index contributed by atoms with van der Waals surface area (Å²) in [7, 11) is 0. The second kappa shape index (κ2) is 7.81. The van der Waals surface area contributed by atoms with Crippen LogP contribution in [0.5, 0.6) is 5.75 Å². The first-order chi connectivity index (χ1) is 11.7. The molecule has 0 saturated carbocycles. The van der Waals surface area contributed by atoms with E-state index < -0.39 is 0 Å². The summed E-state index contributed by atoms with van der Waals surface area (Å²) in [5, 5.41) is 11.0. The highest BCUT2D eigenvalue weighted by atomic mass is 16.6. The van der Waals surface area contributed by atoms with Crippen molar-refractivity contribution in [2.75, 3.05) is 50.9 Å². The fourth-order valence-corrected chi connectivity index (χ4v) is 3.53. The largest absolute Gasteiger partial charge is 0.491 e. The van der Waals surface area contributed by atoms with Gasteiger partial charge in [0.05, 0.1) is 23.3 Å². The van der Waals surface area contributed by atoms with Gasteiger partial charge < -0.3 is 14.4 Å². The van der Waals surface area contributed by atoms with E-state index in [1.54, 1.807) is 6.07 Å². The van der Waals surface area contributed by atoms with Crippen molar-refractivity contribution in [1.82, 2.24) is 4.90 Å². The molecule has 0 spiro atoms. The van der Waals surface area contributed by atoms with E-state index in [-0.39, 0.29) is 10.6 Å². The third kappa shape index (κ3) is 3.79. The number of anilines is 1. The SMILES string of the molecule is CCOc1cc([N+](=O)[O-])ccc1N1CCN(C2CCOCC2)CC1. The summed E-state index contributed by atoms with van der Waals surface area (Å²) >= 11 is 0. The Balaban J connectivity index is 1.67.